The van der Waals surface area contributed by atoms with Crippen LogP contribution in [-0.2, 0) is 11.2 Å². The van der Waals surface area contributed by atoms with Gasteiger partial charge in [-0.25, -0.2) is 0 Å². The number of nitriles is 2. The average Bonchev–Trinajstić information content (AvgIpc) is 2.84. The fraction of sp³-hybridized carbons (Fsp3) is 0.214. The maximum Gasteiger partial charge on any atom is 0.223 e. The average molecular weight is 252 g/mol. The molecule has 1 aliphatic rings. The molecule has 1 amide bonds. The molecular formula is C14H12N4O. The monoisotopic (exact) mass is 252 g/mol. The van der Waals surface area contributed by atoms with Gasteiger partial charge in [0.1, 0.15) is 17.7 Å². The Morgan fingerprint density at radius 1 is 1.42 bits per heavy atom. The van der Waals surface area contributed by atoms with Crippen molar-refractivity contribution in [1.82, 2.24) is 0 Å². The lowest BCUT2D eigenvalue weighted by Crippen LogP contribution is -2.26. The number of anilines is 2. The number of amides is 1. The summed E-state index contributed by atoms with van der Waals surface area (Å²) < 4.78 is 0. The molecule has 0 aromatic heterocycles. The van der Waals surface area contributed by atoms with E-state index in [2.05, 4.69) is 5.32 Å². The molecule has 1 heterocycles. The molecule has 0 aliphatic carbocycles. The van der Waals surface area contributed by atoms with Crippen LogP contribution in [0.5, 0.6) is 0 Å². The number of para-hydroxylation sites is 1. The number of benzene rings is 1. The quantitative estimate of drug-likeness (QED) is 0.816. The molecule has 1 N–H and O–H groups in total. The number of carbonyl (C=O) groups excluding carboxylic acids is 1. The molecular weight excluding hydrogens is 240 g/mol. The van der Waals surface area contributed by atoms with Crippen molar-refractivity contribution in [2.45, 2.75) is 13.3 Å². The largest absolute Gasteiger partial charge is 0.358 e. The van der Waals surface area contributed by atoms with Gasteiger partial charge < -0.3 is 10.2 Å². The summed E-state index contributed by atoms with van der Waals surface area (Å²) in [6.07, 6.45) is 2.17. The molecule has 5 nitrogen and oxygen atoms in total. The number of hydrogen-bond acceptors (Lipinski definition) is 4. The topological polar surface area (TPSA) is 79.9 Å². The molecule has 0 bridgehead atoms. The second-order valence-corrected chi connectivity index (χ2v) is 4.16. The first-order valence-corrected chi connectivity index (χ1v) is 5.84. The van der Waals surface area contributed by atoms with E-state index in [4.69, 9.17) is 10.5 Å². The zero-order valence-corrected chi connectivity index (χ0v) is 10.5. The maximum atomic E-state index is 11.6. The van der Waals surface area contributed by atoms with Crippen molar-refractivity contribution in [2.24, 2.45) is 0 Å². The molecule has 1 aliphatic heterocycles. The SMILES string of the molecule is CC(=O)N1CCc2cccc(NC=C(C#N)C#N)c21. The maximum absolute atomic E-state index is 11.6. The van der Waals surface area contributed by atoms with Gasteiger partial charge in [0, 0.05) is 19.7 Å². The van der Waals surface area contributed by atoms with E-state index in [1.807, 2.05) is 18.2 Å². The van der Waals surface area contributed by atoms with Crippen molar-refractivity contribution in [3.8, 4) is 12.1 Å². The van der Waals surface area contributed by atoms with Crippen LogP contribution in [0.25, 0.3) is 0 Å². The zero-order chi connectivity index (χ0) is 13.8. The molecule has 0 radical (unpaired) electrons. The first-order chi connectivity index (χ1) is 9.17. The van der Waals surface area contributed by atoms with E-state index in [1.54, 1.807) is 17.0 Å². The predicted molar refractivity (Wildman–Crippen MR) is 71.1 cm³/mol. The highest BCUT2D eigenvalue weighted by atomic mass is 16.2. The zero-order valence-electron chi connectivity index (χ0n) is 10.5. The highest BCUT2D eigenvalue weighted by Gasteiger charge is 2.24. The Kier molecular flexibility index (Phi) is 3.49. The Hall–Kier alpha value is -2.79. The van der Waals surface area contributed by atoms with Gasteiger partial charge >= 0.3 is 0 Å². The summed E-state index contributed by atoms with van der Waals surface area (Å²) in [5.41, 5.74) is 2.64. The van der Waals surface area contributed by atoms with E-state index < -0.39 is 0 Å². The Morgan fingerprint density at radius 3 is 2.79 bits per heavy atom. The first-order valence-electron chi connectivity index (χ1n) is 5.84. The lowest BCUT2D eigenvalue weighted by Gasteiger charge is -2.18. The number of rotatable bonds is 2. The lowest BCUT2D eigenvalue weighted by molar-refractivity contribution is -0.116. The van der Waals surface area contributed by atoms with Crippen LogP contribution in [0.1, 0.15) is 12.5 Å². The van der Waals surface area contributed by atoms with Crippen molar-refractivity contribution in [2.75, 3.05) is 16.8 Å². The molecule has 5 heteroatoms. The summed E-state index contributed by atoms with van der Waals surface area (Å²) >= 11 is 0. The highest BCUT2D eigenvalue weighted by Crippen LogP contribution is 2.35. The molecule has 0 atom stereocenters. The first kappa shape index (κ1) is 12.7. The van der Waals surface area contributed by atoms with Gasteiger partial charge in [0.25, 0.3) is 0 Å². The third-order valence-corrected chi connectivity index (χ3v) is 2.99. The van der Waals surface area contributed by atoms with Gasteiger partial charge in [0.05, 0.1) is 11.4 Å². The van der Waals surface area contributed by atoms with Crippen LogP contribution in [0.15, 0.2) is 30.0 Å². The van der Waals surface area contributed by atoms with Gasteiger partial charge in [-0.2, -0.15) is 10.5 Å². The molecule has 1 aromatic rings. The van der Waals surface area contributed by atoms with Gasteiger partial charge in [-0.15, -0.1) is 0 Å². The Morgan fingerprint density at radius 2 is 2.16 bits per heavy atom. The van der Waals surface area contributed by atoms with E-state index >= 15 is 0 Å². The molecule has 0 spiro atoms. The van der Waals surface area contributed by atoms with Gasteiger partial charge in [-0.05, 0) is 18.1 Å². The normalized spacial score (nSPS) is 12.1. The van der Waals surface area contributed by atoms with Crippen LogP contribution in [-0.4, -0.2) is 12.5 Å². The predicted octanol–water partition coefficient (Wildman–Crippen LogP) is 1.94. The van der Waals surface area contributed by atoms with Crippen molar-refractivity contribution >= 4 is 17.3 Å². The molecule has 2 rings (SSSR count). The van der Waals surface area contributed by atoms with E-state index in [0.29, 0.717) is 6.54 Å². The molecule has 19 heavy (non-hydrogen) atoms. The summed E-state index contributed by atoms with van der Waals surface area (Å²) in [5.74, 6) is -0.0160. The van der Waals surface area contributed by atoms with Gasteiger partial charge in [-0.3, -0.25) is 4.79 Å². The number of nitrogens with zero attached hydrogens (tertiary/aromatic N) is 3. The van der Waals surface area contributed by atoms with E-state index in [9.17, 15) is 4.79 Å². The molecule has 0 saturated carbocycles. The highest BCUT2D eigenvalue weighted by molar-refractivity contribution is 5.98. The fourth-order valence-corrected chi connectivity index (χ4v) is 2.13. The molecule has 0 saturated heterocycles. The number of allylic oxidation sites excluding steroid dienone is 1. The minimum absolute atomic E-state index is 0.00928. The standard InChI is InChI=1S/C14H12N4O/c1-10(19)18-6-5-12-3-2-4-13(14(12)18)17-9-11(7-15)8-16/h2-4,9,17H,5-6H2,1H3. The molecule has 0 unspecified atom stereocenters. The summed E-state index contributed by atoms with van der Waals surface area (Å²) in [5, 5.41) is 20.3. The number of nitrogens with one attached hydrogen (secondary N) is 1. The fourth-order valence-electron chi connectivity index (χ4n) is 2.13. The Labute approximate surface area is 111 Å². The lowest BCUT2D eigenvalue weighted by atomic mass is 10.1. The summed E-state index contributed by atoms with van der Waals surface area (Å²) in [4.78, 5) is 13.3. The minimum Gasteiger partial charge on any atom is -0.358 e. The third-order valence-electron chi connectivity index (χ3n) is 2.99. The van der Waals surface area contributed by atoms with Gasteiger partial charge in [-0.1, -0.05) is 12.1 Å². The number of carbonyl (C=O) groups is 1. The second-order valence-electron chi connectivity index (χ2n) is 4.16. The second kappa shape index (κ2) is 5.24. The minimum atomic E-state index is -0.0160. The van der Waals surface area contributed by atoms with E-state index in [1.165, 1.54) is 13.1 Å². The van der Waals surface area contributed by atoms with Crippen molar-refractivity contribution in [3.63, 3.8) is 0 Å². The van der Waals surface area contributed by atoms with Crippen molar-refractivity contribution in [3.05, 3.63) is 35.5 Å². The molecule has 0 fully saturated rings. The van der Waals surface area contributed by atoms with E-state index in [-0.39, 0.29) is 11.5 Å². The Bertz CT molecular complexity index is 618. The smallest absolute Gasteiger partial charge is 0.223 e. The van der Waals surface area contributed by atoms with Gasteiger partial charge in [0.2, 0.25) is 5.91 Å². The van der Waals surface area contributed by atoms with Crippen LogP contribution >= 0.6 is 0 Å². The van der Waals surface area contributed by atoms with Crippen LogP contribution < -0.4 is 10.2 Å². The molecule has 1 aromatic carbocycles. The van der Waals surface area contributed by atoms with E-state index in [0.717, 1.165) is 23.4 Å². The number of fused-ring (bicyclic) bond motifs is 1. The van der Waals surface area contributed by atoms with Crippen LogP contribution in [0.2, 0.25) is 0 Å². The summed E-state index contributed by atoms with van der Waals surface area (Å²) in [6, 6.07) is 9.24. The summed E-state index contributed by atoms with van der Waals surface area (Å²) in [6.45, 7) is 2.19. The summed E-state index contributed by atoms with van der Waals surface area (Å²) in [7, 11) is 0. The van der Waals surface area contributed by atoms with Crippen LogP contribution in [0, 0.1) is 22.7 Å². The third kappa shape index (κ3) is 2.41. The van der Waals surface area contributed by atoms with Gasteiger partial charge in [0.15, 0.2) is 0 Å². The van der Waals surface area contributed by atoms with Crippen molar-refractivity contribution in [1.29, 1.82) is 10.5 Å². The number of hydrogen-bond donors (Lipinski definition) is 1. The molecule has 94 valence electrons. The van der Waals surface area contributed by atoms with Crippen molar-refractivity contribution < 1.29 is 4.79 Å². The Balaban J connectivity index is 2.37. The van der Waals surface area contributed by atoms with Crippen LogP contribution in [0.3, 0.4) is 0 Å². The van der Waals surface area contributed by atoms with Crippen LogP contribution in [0.4, 0.5) is 11.4 Å².